The zero-order valence-electron chi connectivity index (χ0n) is 16.1. The lowest BCUT2D eigenvalue weighted by molar-refractivity contribution is 0.0800. The van der Waals surface area contributed by atoms with Crippen LogP contribution in [0.3, 0.4) is 0 Å². The molecule has 0 spiro atoms. The number of nitrogens with zero attached hydrogens (tertiary/aromatic N) is 1. The number of rotatable bonds is 5. The van der Waals surface area contributed by atoms with Gasteiger partial charge in [-0.25, -0.2) is 0 Å². The van der Waals surface area contributed by atoms with Gasteiger partial charge in [-0.15, -0.1) is 0 Å². The summed E-state index contributed by atoms with van der Waals surface area (Å²) in [5.74, 6) is 1.51. The van der Waals surface area contributed by atoms with Crippen molar-refractivity contribution in [1.82, 2.24) is 4.90 Å². The number of benzene rings is 2. The highest BCUT2D eigenvalue weighted by Crippen LogP contribution is 2.38. The zero-order valence-corrected chi connectivity index (χ0v) is 16.9. The van der Waals surface area contributed by atoms with Crippen molar-refractivity contribution in [3.05, 3.63) is 59.7 Å². The molecule has 1 unspecified atom stereocenters. The van der Waals surface area contributed by atoms with E-state index in [1.165, 1.54) is 49.9 Å². The van der Waals surface area contributed by atoms with Gasteiger partial charge in [-0.1, -0.05) is 44.0 Å². The van der Waals surface area contributed by atoms with Crippen LogP contribution >= 0.6 is 0 Å². The summed E-state index contributed by atoms with van der Waals surface area (Å²) in [6, 6.07) is 17.0. The van der Waals surface area contributed by atoms with Crippen molar-refractivity contribution in [2.24, 2.45) is 0 Å². The second-order valence-corrected chi connectivity index (χ2v) is 9.30. The fourth-order valence-electron chi connectivity index (χ4n) is 4.41. The molecule has 1 aliphatic heterocycles. The molecule has 1 heterocycles. The van der Waals surface area contributed by atoms with Crippen molar-refractivity contribution >= 4 is 10.8 Å². The Kier molecular flexibility index (Phi) is 5.94. The Morgan fingerprint density at radius 2 is 1.70 bits per heavy atom. The molecule has 0 saturated carbocycles. The Morgan fingerprint density at radius 3 is 2.41 bits per heavy atom. The van der Waals surface area contributed by atoms with E-state index in [1.54, 1.807) is 0 Å². The van der Waals surface area contributed by atoms with E-state index in [1.807, 2.05) is 31.2 Å². The van der Waals surface area contributed by atoms with Gasteiger partial charge in [-0.2, -0.15) is 0 Å². The molecule has 2 aliphatic rings. The first-order valence-corrected chi connectivity index (χ1v) is 11.5. The van der Waals surface area contributed by atoms with Gasteiger partial charge in [0.1, 0.15) is 11.9 Å². The third kappa shape index (κ3) is 4.12. The van der Waals surface area contributed by atoms with Crippen LogP contribution in [0.25, 0.3) is 0 Å². The molecule has 3 atom stereocenters. The molecule has 0 aromatic heterocycles. The Labute approximate surface area is 165 Å². The fraction of sp³-hybridized carbons (Fsp3) is 0.478. The van der Waals surface area contributed by atoms with E-state index < -0.39 is 10.8 Å². The van der Waals surface area contributed by atoms with E-state index in [2.05, 4.69) is 29.2 Å². The van der Waals surface area contributed by atoms with Gasteiger partial charge in [0.2, 0.25) is 0 Å². The topological polar surface area (TPSA) is 29.5 Å². The molecule has 1 saturated heterocycles. The maximum Gasteiger partial charge on any atom is 0.140 e. The highest BCUT2D eigenvalue weighted by Gasteiger charge is 2.37. The molecule has 3 nitrogen and oxygen atoms in total. The molecule has 1 fully saturated rings. The number of hydrogen-bond donors (Lipinski definition) is 0. The van der Waals surface area contributed by atoms with E-state index >= 15 is 0 Å². The average molecular weight is 384 g/mol. The largest absolute Gasteiger partial charge is 0.484 e. The Balaban J connectivity index is 1.57. The van der Waals surface area contributed by atoms with Gasteiger partial charge in [0.15, 0.2) is 0 Å². The number of likely N-dealkylation sites (tertiary alicyclic amines) is 1. The van der Waals surface area contributed by atoms with E-state index in [0.717, 1.165) is 17.1 Å². The molecule has 0 amide bonds. The quantitative estimate of drug-likeness (QED) is 0.747. The van der Waals surface area contributed by atoms with Crippen LogP contribution in [0.5, 0.6) is 5.75 Å². The first-order chi connectivity index (χ1) is 13.3. The molecule has 2 aromatic carbocycles. The second kappa shape index (κ2) is 8.57. The van der Waals surface area contributed by atoms with Gasteiger partial charge < -0.3 is 4.74 Å². The maximum absolute atomic E-state index is 12.0. The van der Waals surface area contributed by atoms with Gasteiger partial charge >= 0.3 is 0 Å². The van der Waals surface area contributed by atoms with Crippen LogP contribution in [-0.4, -0.2) is 34.0 Å². The molecule has 144 valence electrons. The van der Waals surface area contributed by atoms with E-state index in [9.17, 15) is 4.21 Å². The molecule has 2 aromatic rings. The van der Waals surface area contributed by atoms with Crippen LogP contribution in [0, 0.1) is 0 Å². The minimum Gasteiger partial charge on any atom is -0.484 e. The van der Waals surface area contributed by atoms with Crippen molar-refractivity contribution in [2.45, 2.75) is 56.1 Å². The summed E-state index contributed by atoms with van der Waals surface area (Å²) < 4.78 is 18.5. The molecule has 0 bridgehead atoms. The third-order valence-corrected chi connectivity index (χ3v) is 7.18. The number of fused-ring (bicyclic) bond motifs is 1. The second-order valence-electron chi connectivity index (χ2n) is 7.56. The Morgan fingerprint density at radius 1 is 1.00 bits per heavy atom. The Bertz CT molecular complexity index is 781. The third-order valence-electron chi connectivity index (χ3n) is 5.86. The molecular weight excluding hydrogens is 354 g/mol. The van der Waals surface area contributed by atoms with Gasteiger partial charge in [-0.05, 0) is 67.7 Å². The summed E-state index contributed by atoms with van der Waals surface area (Å²) in [4.78, 5) is 3.53. The lowest BCUT2D eigenvalue weighted by Gasteiger charge is -2.32. The monoisotopic (exact) mass is 383 g/mol. The van der Waals surface area contributed by atoms with Crippen molar-refractivity contribution in [1.29, 1.82) is 0 Å². The van der Waals surface area contributed by atoms with E-state index in [4.69, 9.17) is 4.74 Å². The smallest absolute Gasteiger partial charge is 0.140 e. The molecular formula is C23H29NO2S. The van der Waals surface area contributed by atoms with Crippen molar-refractivity contribution in [3.63, 3.8) is 0 Å². The predicted octanol–water partition coefficient (Wildman–Crippen LogP) is 4.73. The molecule has 0 radical (unpaired) electrons. The summed E-state index contributed by atoms with van der Waals surface area (Å²) in [6.45, 7) is 4.29. The van der Waals surface area contributed by atoms with E-state index in [0.29, 0.717) is 11.8 Å². The maximum atomic E-state index is 12.0. The lowest BCUT2D eigenvalue weighted by atomic mass is 10.1. The van der Waals surface area contributed by atoms with Crippen LogP contribution in [-0.2, 0) is 17.2 Å². The van der Waals surface area contributed by atoms with Crippen molar-refractivity contribution in [2.75, 3.05) is 18.8 Å². The summed E-state index contributed by atoms with van der Waals surface area (Å²) in [5, 5.41) is 0. The van der Waals surface area contributed by atoms with Crippen LogP contribution in [0.15, 0.2) is 53.4 Å². The molecule has 1 aliphatic carbocycles. The summed E-state index contributed by atoms with van der Waals surface area (Å²) in [7, 11) is -0.915. The van der Waals surface area contributed by atoms with Crippen LogP contribution in [0.2, 0.25) is 0 Å². The highest BCUT2D eigenvalue weighted by molar-refractivity contribution is 7.85. The number of hydrogen-bond acceptors (Lipinski definition) is 3. The predicted molar refractivity (Wildman–Crippen MR) is 111 cm³/mol. The summed E-state index contributed by atoms with van der Waals surface area (Å²) in [6.07, 6.45) is 6.41. The molecule has 27 heavy (non-hydrogen) atoms. The Hall–Kier alpha value is -1.65. The van der Waals surface area contributed by atoms with Gasteiger partial charge in [0.05, 0.1) is 16.8 Å². The van der Waals surface area contributed by atoms with Gasteiger partial charge in [0.25, 0.3) is 0 Å². The zero-order chi connectivity index (χ0) is 18.6. The lowest BCUT2D eigenvalue weighted by Crippen LogP contribution is -2.40. The molecule has 4 rings (SSSR count). The minimum atomic E-state index is -0.915. The highest BCUT2D eigenvalue weighted by atomic mass is 32.2. The number of ether oxygens (including phenoxy) is 1. The normalized spacial score (nSPS) is 24.2. The van der Waals surface area contributed by atoms with Gasteiger partial charge in [0, 0.05) is 10.6 Å². The van der Waals surface area contributed by atoms with Crippen molar-refractivity contribution < 1.29 is 8.95 Å². The molecule has 4 heteroatoms. The average Bonchev–Trinajstić information content (AvgIpc) is 2.88. The SMILES string of the molecule is CCS(=O)c1ccc(O[C@H]2c3ccccc3C[C@@H]2N2CCCCCC2)cc1. The van der Waals surface area contributed by atoms with Crippen molar-refractivity contribution in [3.8, 4) is 5.75 Å². The van der Waals surface area contributed by atoms with Gasteiger partial charge in [-0.3, -0.25) is 9.11 Å². The summed E-state index contributed by atoms with van der Waals surface area (Å²) >= 11 is 0. The summed E-state index contributed by atoms with van der Waals surface area (Å²) in [5.41, 5.74) is 2.74. The van der Waals surface area contributed by atoms with Crippen LogP contribution < -0.4 is 4.74 Å². The minimum absolute atomic E-state index is 0.0711. The van der Waals surface area contributed by atoms with Crippen LogP contribution in [0.1, 0.15) is 49.8 Å². The first kappa shape index (κ1) is 18.7. The molecule has 0 N–H and O–H groups in total. The van der Waals surface area contributed by atoms with Crippen LogP contribution in [0.4, 0.5) is 0 Å². The first-order valence-electron chi connectivity index (χ1n) is 10.2. The standard InChI is InChI=1S/C23H29NO2S/c1-2-27(25)20-13-11-19(12-14-20)26-23-21-10-6-5-9-18(21)17-22(23)24-15-7-3-4-8-16-24/h5-6,9-14,22-23H,2-4,7-8,15-17H2,1H3/t22-,23-,27?/m0/s1. The fourth-order valence-corrected chi connectivity index (χ4v) is 5.18. The van der Waals surface area contributed by atoms with E-state index in [-0.39, 0.29) is 6.10 Å².